The molecule has 0 saturated heterocycles. The highest BCUT2D eigenvalue weighted by Gasteiger charge is 2.33. The Bertz CT molecular complexity index is 418. The van der Waals surface area contributed by atoms with E-state index in [0.717, 1.165) is 31.2 Å². The van der Waals surface area contributed by atoms with Gasteiger partial charge in [0.05, 0.1) is 6.07 Å². The van der Waals surface area contributed by atoms with Crippen molar-refractivity contribution in [1.82, 2.24) is 5.32 Å². The predicted octanol–water partition coefficient (Wildman–Crippen LogP) is 4.34. The molecule has 2 atom stereocenters. The number of rotatable bonds is 4. The molecule has 104 valence electrons. The Morgan fingerprint density at radius 3 is 2.95 bits per heavy atom. The van der Waals surface area contributed by atoms with Gasteiger partial charge in [-0.25, -0.2) is 0 Å². The third-order valence-electron chi connectivity index (χ3n) is 4.46. The summed E-state index contributed by atoms with van der Waals surface area (Å²) in [5.41, 5.74) is -0.298. The lowest BCUT2D eigenvalue weighted by atomic mass is 9.87. The van der Waals surface area contributed by atoms with Crippen molar-refractivity contribution in [2.75, 3.05) is 0 Å². The normalized spacial score (nSPS) is 28.0. The Morgan fingerprint density at radius 1 is 1.47 bits per heavy atom. The molecule has 2 rings (SSSR count). The van der Waals surface area contributed by atoms with E-state index in [-0.39, 0.29) is 5.54 Å². The Morgan fingerprint density at radius 2 is 2.32 bits per heavy atom. The van der Waals surface area contributed by atoms with Crippen LogP contribution >= 0.6 is 11.3 Å². The lowest BCUT2D eigenvalue weighted by molar-refractivity contribution is 0.322. The molecule has 1 aliphatic rings. The summed E-state index contributed by atoms with van der Waals surface area (Å²) < 4.78 is 0. The molecule has 0 aromatic carbocycles. The second-order valence-corrected chi connectivity index (χ2v) is 7.09. The monoisotopic (exact) mass is 276 g/mol. The number of nitrogens with zero attached hydrogens (tertiary/aromatic N) is 1. The van der Waals surface area contributed by atoms with Crippen LogP contribution in [0.15, 0.2) is 17.5 Å². The molecule has 0 amide bonds. The van der Waals surface area contributed by atoms with Crippen LogP contribution in [0.25, 0.3) is 0 Å². The Labute approximate surface area is 120 Å². The minimum Gasteiger partial charge on any atom is -0.294 e. The van der Waals surface area contributed by atoms with E-state index >= 15 is 0 Å². The Kier molecular flexibility index (Phi) is 5.01. The molecule has 1 fully saturated rings. The fourth-order valence-corrected chi connectivity index (χ4v) is 3.68. The van der Waals surface area contributed by atoms with Gasteiger partial charge in [-0.2, -0.15) is 5.26 Å². The minimum absolute atomic E-state index is 0.298. The summed E-state index contributed by atoms with van der Waals surface area (Å²) in [6.07, 6.45) is 5.63. The van der Waals surface area contributed by atoms with Crippen LogP contribution in [0.1, 0.15) is 50.8 Å². The van der Waals surface area contributed by atoms with E-state index in [1.54, 1.807) is 11.3 Å². The van der Waals surface area contributed by atoms with Crippen LogP contribution < -0.4 is 5.32 Å². The topological polar surface area (TPSA) is 35.8 Å². The molecule has 2 unspecified atom stereocenters. The van der Waals surface area contributed by atoms with Crippen molar-refractivity contribution in [3.8, 4) is 6.07 Å². The van der Waals surface area contributed by atoms with Gasteiger partial charge in [-0.3, -0.25) is 5.32 Å². The fourth-order valence-electron chi connectivity index (χ4n) is 3.03. The van der Waals surface area contributed by atoms with Crippen LogP contribution in [0, 0.1) is 23.2 Å². The van der Waals surface area contributed by atoms with Crippen molar-refractivity contribution in [3.05, 3.63) is 22.4 Å². The van der Waals surface area contributed by atoms with Gasteiger partial charge in [-0.05, 0) is 42.5 Å². The van der Waals surface area contributed by atoms with E-state index in [1.807, 2.05) is 0 Å². The average molecular weight is 276 g/mol. The van der Waals surface area contributed by atoms with Gasteiger partial charge in [0.15, 0.2) is 0 Å². The van der Waals surface area contributed by atoms with Crippen LogP contribution in [0.5, 0.6) is 0 Å². The van der Waals surface area contributed by atoms with E-state index in [0.29, 0.717) is 0 Å². The van der Waals surface area contributed by atoms with Crippen LogP contribution in [-0.4, -0.2) is 5.54 Å². The third kappa shape index (κ3) is 3.81. The van der Waals surface area contributed by atoms with E-state index < -0.39 is 0 Å². The molecule has 1 aromatic rings. The number of nitrogens with one attached hydrogen (secondary N) is 1. The lowest BCUT2D eigenvalue weighted by Crippen LogP contribution is -2.42. The predicted molar refractivity (Wildman–Crippen MR) is 80.9 cm³/mol. The second kappa shape index (κ2) is 6.54. The maximum Gasteiger partial charge on any atom is 0.107 e. The van der Waals surface area contributed by atoms with E-state index in [9.17, 15) is 5.26 Å². The maximum absolute atomic E-state index is 9.61. The van der Waals surface area contributed by atoms with Crippen LogP contribution in [0.4, 0.5) is 0 Å². The number of thiophene rings is 1. The summed E-state index contributed by atoms with van der Waals surface area (Å²) in [5, 5.41) is 15.2. The van der Waals surface area contributed by atoms with Crippen LogP contribution in [0.3, 0.4) is 0 Å². The SMILES string of the molecule is CC(C)C1CCCC(C#N)(NCc2cccs2)CC1. The van der Waals surface area contributed by atoms with Crippen molar-refractivity contribution < 1.29 is 0 Å². The van der Waals surface area contributed by atoms with Gasteiger partial charge in [0.1, 0.15) is 5.54 Å². The molecule has 0 spiro atoms. The quantitative estimate of drug-likeness (QED) is 0.831. The molecule has 1 saturated carbocycles. The van der Waals surface area contributed by atoms with Gasteiger partial charge < -0.3 is 0 Å². The molecule has 0 radical (unpaired) electrons. The molecule has 0 bridgehead atoms. The standard InChI is InChI=1S/C16H24N2S/c1-13(2)14-5-3-8-16(12-17,9-7-14)18-11-15-6-4-10-19-15/h4,6,10,13-14,18H,3,5,7-9,11H2,1-2H3. The first-order valence-electron chi connectivity index (χ1n) is 7.34. The van der Waals surface area contributed by atoms with Crippen molar-refractivity contribution in [1.29, 1.82) is 5.26 Å². The molecule has 2 nitrogen and oxygen atoms in total. The largest absolute Gasteiger partial charge is 0.294 e. The van der Waals surface area contributed by atoms with Gasteiger partial charge in [0.25, 0.3) is 0 Å². The van der Waals surface area contributed by atoms with Gasteiger partial charge in [0.2, 0.25) is 0 Å². The zero-order chi connectivity index (χ0) is 13.7. The van der Waals surface area contributed by atoms with E-state index in [2.05, 4.69) is 42.7 Å². The van der Waals surface area contributed by atoms with Gasteiger partial charge in [-0.1, -0.05) is 32.8 Å². The zero-order valence-corrected chi connectivity index (χ0v) is 12.8. The van der Waals surface area contributed by atoms with Crippen molar-refractivity contribution in [3.63, 3.8) is 0 Å². The molecule has 1 heterocycles. The highest BCUT2D eigenvalue weighted by atomic mass is 32.1. The first-order chi connectivity index (χ1) is 9.15. The Hall–Kier alpha value is -0.850. The minimum atomic E-state index is -0.298. The average Bonchev–Trinajstić information content (AvgIpc) is 2.82. The summed E-state index contributed by atoms with van der Waals surface area (Å²) in [4.78, 5) is 1.32. The van der Waals surface area contributed by atoms with Gasteiger partial charge in [-0.15, -0.1) is 11.3 Å². The molecule has 3 heteroatoms. The summed E-state index contributed by atoms with van der Waals surface area (Å²) in [6, 6.07) is 6.78. The van der Waals surface area contributed by atoms with Crippen molar-refractivity contribution in [2.45, 2.75) is 58.0 Å². The number of hydrogen-bond donors (Lipinski definition) is 1. The second-order valence-electron chi connectivity index (χ2n) is 6.06. The molecule has 0 aliphatic heterocycles. The zero-order valence-electron chi connectivity index (χ0n) is 12.0. The smallest absolute Gasteiger partial charge is 0.107 e. The third-order valence-corrected chi connectivity index (χ3v) is 5.33. The van der Waals surface area contributed by atoms with Crippen LogP contribution in [-0.2, 0) is 6.54 Å². The molecular weight excluding hydrogens is 252 g/mol. The number of nitriles is 1. The van der Waals surface area contributed by atoms with E-state index in [4.69, 9.17) is 0 Å². The lowest BCUT2D eigenvalue weighted by Gasteiger charge is -2.26. The summed E-state index contributed by atoms with van der Waals surface area (Å²) in [6.45, 7) is 5.45. The molecule has 1 N–H and O–H groups in total. The van der Waals surface area contributed by atoms with Crippen molar-refractivity contribution >= 4 is 11.3 Å². The number of hydrogen-bond acceptors (Lipinski definition) is 3. The fraction of sp³-hybridized carbons (Fsp3) is 0.688. The van der Waals surface area contributed by atoms with Gasteiger partial charge >= 0.3 is 0 Å². The molecular formula is C16H24N2S. The summed E-state index contributed by atoms with van der Waals surface area (Å²) >= 11 is 1.76. The highest BCUT2D eigenvalue weighted by molar-refractivity contribution is 7.09. The summed E-state index contributed by atoms with van der Waals surface area (Å²) in [7, 11) is 0. The molecule has 1 aliphatic carbocycles. The Balaban J connectivity index is 1.96. The van der Waals surface area contributed by atoms with E-state index in [1.165, 1.54) is 24.1 Å². The van der Waals surface area contributed by atoms with Crippen LogP contribution in [0.2, 0.25) is 0 Å². The van der Waals surface area contributed by atoms with Crippen molar-refractivity contribution in [2.24, 2.45) is 11.8 Å². The highest BCUT2D eigenvalue weighted by Crippen LogP contribution is 2.34. The summed E-state index contributed by atoms with van der Waals surface area (Å²) in [5.74, 6) is 1.53. The maximum atomic E-state index is 9.61. The van der Waals surface area contributed by atoms with Gasteiger partial charge in [0, 0.05) is 11.4 Å². The first-order valence-corrected chi connectivity index (χ1v) is 8.22. The first kappa shape index (κ1) is 14.6. The molecule has 19 heavy (non-hydrogen) atoms. The molecule has 1 aromatic heterocycles.